The van der Waals surface area contributed by atoms with Crippen molar-refractivity contribution < 1.29 is 12.8 Å². The van der Waals surface area contributed by atoms with Crippen molar-refractivity contribution in [3.63, 3.8) is 0 Å². The van der Waals surface area contributed by atoms with Gasteiger partial charge in [-0.15, -0.1) is 0 Å². The van der Waals surface area contributed by atoms with E-state index < -0.39 is 15.8 Å². The van der Waals surface area contributed by atoms with Gasteiger partial charge >= 0.3 is 0 Å². The van der Waals surface area contributed by atoms with Crippen LogP contribution in [-0.4, -0.2) is 8.42 Å². The molecule has 0 aliphatic rings. The first kappa shape index (κ1) is 16.6. The zero-order chi connectivity index (χ0) is 15.5. The van der Waals surface area contributed by atoms with E-state index in [1.54, 1.807) is 30.3 Å². The van der Waals surface area contributed by atoms with E-state index in [2.05, 4.69) is 36.6 Å². The van der Waals surface area contributed by atoms with Gasteiger partial charge < -0.3 is 0 Å². The van der Waals surface area contributed by atoms with Crippen LogP contribution in [0.3, 0.4) is 0 Å². The van der Waals surface area contributed by atoms with Crippen molar-refractivity contribution in [2.24, 2.45) is 0 Å². The van der Waals surface area contributed by atoms with E-state index in [0.29, 0.717) is 15.4 Å². The predicted molar refractivity (Wildman–Crippen MR) is 87.2 cm³/mol. The number of nitrogens with one attached hydrogen (secondary N) is 1. The summed E-state index contributed by atoms with van der Waals surface area (Å²) in [4.78, 5) is 0.180. The lowest BCUT2D eigenvalue weighted by Crippen LogP contribution is -2.23. The van der Waals surface area contributed by atoms with Crippen molar-refractivity contribution in [1.29, 1.82) is 0 Å². The van der Waals surface area contributed by atoms with E-state index in [1.165, 1.54) is 12.1 Å². The van der Waals surface area contributed by atoms with Crippen molar-refractivity contribution in [2.45, 2.75) is 16.8 Å². The van der Waals surface area contributed by atoms with Crippen molar-refractivity contribution in [3.8, 4) is 0 Å². The van der Waals surface area contributed by atoms with Crippen molar-refractivity contribution >= 4 is 41.9 Å². The molecule has 0 aliphatic heterocycles. The highest BCUT2D eigenvalue weighted by atomic mass is 79.9. The Balaban J connectivity index is 2.15. The first-order valence-corrected chi connectivity index (χ1v) is 9.40. The fourth-order valence-corrected chi connectivity index (χ4v) is 3.46. The lowest BCUT2D eigenvalue weighted by atomic mass is 10.2. The van der Waals surface area contributed by atoms with Gasteiger partial charge in [-0.25, -0.2) is 17.5 Å². The summed E-state index contributed by atoms with van der Waals surface area (Å²) in [5.41, 5.74) is 1.53. The van der Waals surface area contributed by atoms with E-state index in [0.717, 1.165) is 5.56 Å². The maximum atomic E-state index is 13.2. The van der Waals surface area contributed by atoms with Crippen LogP contribution in [0.4, 0.5) is 4.39 Å². The van der Waals surface area contributed by atoms with E-state index in [1.807, 2.05) is 0 Å². The smallest absolute Gasteiger partial charge is 0.207 e. The third-order valence-corrected chi connectivity index (χ3v) is 5.69. The average molecular weight is 437 g/mol. The van der Waals surface area contributed by atoms with E-state index in [4.69, 9.17) is 0 Å². The molecule has 2 aromatic rings. The molecular formula is C14H12Br2FNO2S. The molecule has 112 valence electrons. The van der Waals surface area contributed by atoms with Crippen molar-refractivity contribution in [1.82, 2.24) is 4.72 Å². The monoisotopic (exact) mass is 435 g/mol. The molecule has 0 saturated heterocycles. The highest BCUT2D eigenvalue weighted by Gasteiger charge is 2.14. The summed E-state index contributed by atoms with van der Waals surface area (Å²) in [6, 6.07) is 10.7. The number of hydrogen-bond donors (Lipinski definition) is 1. The number of halogens is 3. The molecule has 3 nitrogen and oxygen atoms in total. The Morgan fingerprint density at radius 3 is 2.38 bits per heavy atom. The van der Waals surface area contributed by atoms with Gasteiger partial charge in [0.25, 0.3) is 0 Å². The van der Waals surface area contributed by atoms with Gasteiger partial charge in [0.2, 0.25) is 10.0 Å². The third kappa shape index (κ3) is 4.35. The quantitative estimate of drug-likeness (QED) is 0.721. The number of sulfonamides is 1. The summed E-state index contributed by atoms with van der Waals surface area (Å²) in [5.74, 6) is -0.408. The lowest BCUT2D eigenvalue weighted by Gasteiger charge is -2.09. The van der Waals surface area contributed by atoms with Gasteiger partial charge in [-0.2, -0.15) is 0 Å². The standard InChI is InChI=1S/C14H12Br2FNO2S/c15-8-10-1-4-13(5-2-10)21(19,20)18-9-11-7-12(17)3-6-14(11)16/h1-7,18H,8-9H2. The summed E-state index contributed by atoms with van der Waals surface area (Å²) >= 11 is 6.57. The fraction of sp³-hybridized carbons (Fsp3) is 0.143. The van der Waals surface area contributed by atoms with E-state index >= 15 is 0 Å². The highest BCUT2D eigenvalue weighted by Crippen LogP contribution is 2.19. The van der Waals surface area contributed by atoms with Crippen LogP contribution in [0.15, 0.2) is 51.8 Å². The molecule has 7 heteroatoms. The molecular weight excluding hydrogens is 425 g/mol. The Labute approximate surface area is 139 Å². The molecule has 0 aliphatic carbocycles. The van der Waals surface area contributed by atoms with Crippen LogP contribution >= 0.6 is 31.9 Å². The average Bonchev–Trinajstić information content (AvgIpc) is 2.48. The maximum absolute atomic E-state index is 13.2. The Hall–Kier alpha value is -0.760. The molecule has 0 fully saturated rings. The first-order chi connectivity index (χ1) is 9.92. The Morgan fingerprint density at radius 1 is 1.10 bits per heavy atom. The number of benzene rings is 2. The molecule has 0 spiro atoms. The molecule has 0 saturated carbocycles. The molecule has 0 aromatic heterocycles. The predicted octanol–water partition coefficient (Wildman–Crippen LogP) is 3.96. The Bertz CT molecular complexity index is 733. The van der Waals surface area contributed by atoms with Gasteiger partial charge in [-0.3, -0.25) is 0 Å². The molecule has 2 aromatic carbocycles. The normalized spacial score (nSPS) is 11.6. The summed E-state index contributed by atoms with van der Waals surface area (Å²) < 4.78 is 40.6. The minimum Gasteiger partial charge on any atom is -0.207 e. The molecule has 0 bridgehead atoms. The van der Waals surface area contributed by atoms with Crippen molar-refractivity contribution in [2.75, 3.05) is 0 Å². The van der Waals surface area contributed by atoms with Gasteiger partial charge in [0, 0.05) is 16.3 Å². The number of rotatable bonds is 5. The number of alkyl halides is 1. The third-order valence-electron chi connectivity index (χ3n) is 2.85. The molecule has 1 N–H and O–H groups in total. The SMILES string of the molecule is O=S(=O)(NCc1cc(F)ccc1Br)c1ccc(CBr)cc1. The van der Waals surface area contributed by atoms with Crippen LogP contribution in [0.5, 0.6) is 0 Å². The van der Waals surface area contributed by atoms with Gasteiger partial charge in [0.1, 0.15) is 5.82 Å². The van der Waals surface area contributed by atoms with Crippen LogP contribution < -0.4 is 4.72 Å². The topological polar surface area (TPSA) is 46.2 Å². The summed E-state index contributed by atoms with van der Waals surface area (Å²) in [6.07, 6.45) is 0. The second-order valence-corrected chi connectivity index (χ2v) is 7.52. The summed E-state index contributed by atoms with van der Waals surface area (Å²) in [5, 5.41) is 0.664. The lowest BCUT2D eigenvalue weighted by molar-refractivity contribution is 0.580. The van der Waals surface area contributed by atoms with E-state index in [-0.39, 0.29) is 11.4 Å². The highest BCUT2D eigenvalue weighted by molar-refractivity contribution is 9.10. The maximum Gasteiger partial charge on any atom is 0.240 e. The Morgan fingerprint density at radius 2 is 1.76 bits per heavy atom. The second-order valence-electron chi connectivity index (χ2n) is 4.34. The Kier molecular flexibility index (Phi) is 5.54. The molecule has 0 atom stereocenters. The largest absolute Gasteiger partial charge is 0.240 e. The van der Waals surface area contributed by atoms with Gasteiger partial charge in [0.05, 0.1) is 4.90 Å². The number of hydrogen-bond acceptors (Lipinski definition) is 2. The molecule has 0 unspecified atom stereocenters. The van der Waals surface area contributed by atoms with Crippen LogP contribution in [0, 0.1) is 5.82 Å². The minimum absolute atomic E-state index is 0.0148. The summed E-state index contributed by atoms with van der Waals surface area (Å²) in [6.45, 7) is 0.0148. The van der Waals surface area contributed by atoms with Crippen LogP contribution in [-0.2, 0) is 21.9 Å². The van der Waals surface area contributed by atoms with E-state index in [9.17, 15) is 12.8 Å². The summed E-state index contributed by atoms with van der Waals surface area (Å²) in [7, 11) is -3.62. The zero-order valence-electron chi connectivity index (χ0n) is 10.8. The molecule has 0 amide bonds. The molecule has 0 heterocycles. The zero-order valence-corrected chi connectivity index (χ0v) is 14.8. The van der Waals surface area contributed by atoms with Gasteiger partial charge in [-0.05, 0) is 41.5 Å². The first-order valence-electron chi connectivity index (χ1n) is 6.01. The van der Waals surface area contributed by atoms with Crippen LogP contribution in [0.2, 0.25) is 0 Å². The molecule has 0 radical (unpaired) electrons. The fourth-order valence-electron chi connectivity index (χ4n) is 1.69. The molecule has 2 rings (SSSR count). The minimum atomic E-state index is -3.62. The van der Waals surface area contributed by atoms with Gasteiger partial charge in [-0.1, -0.05) is 44.0 Å². The second kappa shape index (κ2) is 7.00. The van der Waals surface area contributed by atoms with Crippen LogP contribution in [0.1, 0.15) is 11.1 Å². The van der Waals surface area contributed by atoms with Crippen molar-refractivity contribution in [3.05, 3.63) is 63.9 Å². The van der Waals surface area contributed by atoms with Crippen LogP contribution in [0.25, 0.3) is 0 Å². The van der Waals surface area contributed by atoms with Gasteiger partial charge in [0.15, 0.2) is 0 Å². The molecule has 21 heavy (non-hydrogen) atoms.